The van der Waals surface area contributed by atoms with E-state index in [2.05, 4.69) is 13.8 Å². The number of esters is 1. The van der Waals surface area contributed by atoms with E-state index < -0.39 is 13.9 Å². The Morgan fingerprint density at radius 2 is 0.780 bits per heavy atom. The summed E-state index contributed by atoms with van der Waals surface area (Å²) in [4.78, 5) is 23.0. The number of phosphoric acid groups is 1. The zero-order valence-electron chi connectivity index (χ0n) is 40.3. The molecule has 0 spiro atoms. The summed E-state index contributed by atoms with van der Waals surface area (Å²) in [6.45, 7) is 5.70. The molecular formula is C50H103NO7P+. The Kier molecular flexibility index (Phi) is 43.7. The highest BCUT2D eigenvalue weighted by atomic mass is 31.2. The number of carbonyl (C=O) groups is 1. The fraction of sp³-hybridized carbons (Fsp3) is 0.980. The van der Waals surface area contributed by atoms with Gasteiger partial charge in [0.05, 0.1) is 34.4 Å². The van der Waals surface area contributed by atoms with Gasteiger partial charge in [0.15, 0.2) is 0 Å². The first-order valence-corrected chi connectivity index (χ1v) is 27.3. The van der Waals surface area contributed by atoms with Crippen LogP contribution >= 0.6 is 7.82 Å². The standard InChI is InChI=1S/C50H102NO7P/c1-6-8-10-12-14-16-18-20-22-24-25-26-27-28-30-32-34-36-38-40-42-45-55-47-49(48-57-59(53,54)56-46-44-51(3,4)5)58-50(52)43-41-39-37-35-33-31-29-23-21-19-17-15-13-11-9-7-2/h49H,6-48H2,1-5H3/p+1. The number of carbonyl (C=O) groups excluding carboxylic acids is 1. The van der Waals surface area contributed by atoms with E-state index in [9.17, 15) is 14.3 Å². The van der Waals surface area contributed by atoms with Gasteiger partial charge < -0.3 is 18.9 Å². The van der Waals surface area contributed by atoms with Crippen LogP contribution in [0, 0.1) is 0 Å². The van der Waals surface area contributed by atoms with Crippen molar-refractivity contribution in [1.82, 2.24) is 0 Å². The quantitative estimate of drug-likeness (QED) is 0.0282. The van der Waals surface area contributed by atoms with Gasteiger partial charge in [-0.2, -0.15) is 0 Å². The topological polar surface area (TPSA) is 91.3 Å². The molecule has 0 heterocycles. The minimum Gasteiger partial charge on any atom is -0.457 e. The highest BCUT2D eigenvalue weighted by Crippen LogP contribution is 2.43. The largest absolute Gasteiger partial charge is 0.472 e. The van der Waals surface area contributed by atoms with E-state index in [1.807, 2.05) is 21.1 Å². The van der Waals surface area contributed by atoms with Gasteiger partial charge >= 0.3 is 13.8 Å². The molecule has 59 heavy (non-hydrogen) atoms. The van der Waals surface area contributed by atoms with E-state index in [-0.39, 0.29) is 25.8 Å². The van der Waals surface area contributed by atoms with Crippen molar-refractivity contribution in [3.8, 4) is 0 Å². The first kappa shape index (κ1) is 58.5. The number of ether oxygens (including phenoxy) is 2. The van der Waals surface area contributed by atoms with Gasteiger partial charge in [0.1, 0.15) is 19.3 Å². The Hall–Kier alpha value is -0.500. The number of unbranched alkanes of at least 4 members (excludes halogenated alkanes) is 35. The molecule has 0 saturated heterocycles. The van der Waals surface area contributed by atoms with Gasteiger partial charge in [0.2, 0.25) is 0 Å². The van der Waals surface area contributed by atoms with Crippen LogP contribution in [0.1, 0.15) is 258 Å². The summed E-state index contributed by atoms with van der Waals surface area (Å²) in [6.07, 6.45) is 48.6. The van der Waals surface area contributed by atoms with Crippen molar-refractivity contribution in [1.29, 1.82) is 0 Å². The van der Waals surface area contributed by atoms with Gasteiger partial charge in [0.25, 0.3) is 0 Å². The molecule has 0 aliphatic rings. The van der Waals surface area contributed by atoms with Crippen molar-refractivity contribution in [3.05, 3.63) is 0 Å². The average molecular weight is 861 g/mol. The van der Waals surface area contributed by atoms with Gasteiger partial charge in [-0.3, -0.25) is 13.8 Å². The fourth-order valence-electron chi connectivity index (χ4n) is 7.67. The van der Waals surface area contributed by atoms with Crippen LogP contribution in [0.2, 0.25) is 0 Å². The van der Waals surface area contributed by atoms with E-state index in [0.717, 1.165) is 32.1 Å². The first-order chi connectivity index (χ1) is 28.6. The molecule has 8 nitrogen and oxygen atoms in total. The van der Waals surface area contributed by atoms with Crippen LogP contribution in [-0.2, 0) is 27.9 Å². The molecular weight excluding hydrogens is 758 g/mol. The summed E-state index contributed by atoms with van der Waals surface area (Å²) in [7, 11) is 1.69. The monoisotopic (exact) mass is 861 g/mol. The molecule has 0 amide bonds. The molecule has 1 N–H and O–H groups in total. The maximum atomic E-state index is 12.7. The third kappa shape index (κ3) is 48.4. The van der Waals surface area contributed by atoms with Crippen molar-refractivity contribution >= 4 is 13.8 Å². The molecule has 0 radical (unpaired) electrons. The Bertz CT molecular complexity index is 914. The highest BCUT2D eigenvalue weighted by molar-refractivity contribution is 7.47. The van der Waals surface area contributed by atoms with Crippen molar-refractivity contribution in [2.45, 2.75) is 264 Å². The summed E-state index contributed by atoms with van der Waals surface area (Å²) < 4.78 is 35.2. The molecule has 0 saturated carbocycles. The lowest BCUT2D eigenvalue weighted by atomic mass is 10.0. The number of likely N-dealkylation sites (N-methyl/N-ethyl adjacent to an activating group) is 1. The van der Waals surface area contributed by atoms with Crippen molar-refractivity contribution < 1.29 is 37.3 Å². The van der Waals surface area contributed by atoms with Crippen LogP contribution in [0.5, 0.6) is 0 Å². The van der Waals surface area contributed by atoms with Crippen molar-refractivity contribution in [3.63, 3.8) is 0 Å². The van der Waals surface area contributed by atoms with Gasteiger partial charge in [0, 0.05) is 13.0 Å². The minimum atomic E-state index is -4.27. The summed E-state index contributed by atoms with van der Waals surface area (Å²) in [5.41, 5.74) is 0. The summed E-state index contributed by atoms with van der Waals surface area (Å²) in [5.74, 6) is -0.305. The molecule has 0 aromatic heterocycles. The van der Waals surface area contributed by atoms with Crippen LogP contribution in [0.25, 0.3) is 0 Å². The van der Waals surface area contributed by atoms with Crippen molar-refractivity contribution in [2.75, 3.05) is 54.1 Å². The summed E-state index contributed by atoms with van der Waals surface area (Å²) in [6, 6.07) is 0. The third-order valence-electron chi connectivity index (χ3n) is 11.7. The second-order valence-electron chi connectivity index (χ2n) is 18.9. The van der Waals surface area contributed by atoms with E-state index >= 15 is 0 Å². The lowest BCUT2D eigenvalue weighted by molar-refractivity contribution is -0.870. The predicted molar refractivity (Wildman–Crippen MR) is 252 cm³/mol. The van der Waals surface area contributed by atoms with Gasteiger partial charge in [-0.1, -0.05) is 239 Å². The Labute approximate surface area is 368 Å². The van der Waals surface area contributed by atoms with Gasteiger partial charge in [-0.15, -0.1) is 0 Å². The van der Waals surface area contributed by atoms with Gasteiger partial charge in [-0.05, 0) is 12.8 Å². The summed E-state index contributed by atoms with van der Waals surface area (Å²) in [5, 5.41) is 0. The fourth-order valence-corrected chi connectivity index (χ4v) is 8.42. The molecule has 0 aliphatic heterocycles. The molecule has 0 fully saturated rings. The van der Waals surface area contributed by atoms with Crippen LogP contribution in [0.15, 0.2) is 0 Å². The molecule has 9 heteroatoms. The number of nitrogens with zero attached hydrogens (tertiary/aromatic N) is 1. The van der Waals surface area contributed by atoms with Crippen LogP contribution in [0.4, 0.5) is 0 Å². The second-order valence-corrected chi connectivity index (χ2v) is 20.4. The SMILES string of the molecule is CCCCCCCCCCCCCCCCCCCCCCCOCC(COP(=O)(O)OCC[N+](C)(C)C)OC(=O)CCCCCCCCCCCCCCCCCC. The van der Waals surface area contributed by atoms with Crippen LogP contribution < -0.4 is 0 Å². The van der Waals surface area contributed by atoms with Crippen LogP contribution in [0.3, 0.4) is 0 Å². The molecule has 354 valence electrons. The van der Waals surface area contributed by atoms with E-state index in [4.69, 9.17) is 18.5 Å². The Morgan fingerprint density at radius 3 is 1.12 bits per heavy atom. The molecule has 0 aromatic carbocycles. The molecule has 2 atom stereocenters. The molecule has 0 aliphatic carbocycles. The zero-order valence-corrected chi connectivity index (χ0v) is 41.2. The van der Waals surface area contributed by atoms with Gasteiger partial charge in [-0.25, -0.2) is 4.57 Å². The molecule has 0 bridgehead atoms. The van der Waals surface area contributed by atoms with E-state index in [0.29, 0.717) is 24.1 Å². The Morgan fingerprint density at radius 1 is 0.458 bits per heavy atom. The second kappa shape index (κ2) is 44.1. The lowest BCUT2D eigenvalue weighted by Gasteiger charge is -2.24. The van der Waals surface area contributed by atoms with Crippen molar-refractivity contribution in [2.24, 2.45) is 0 Å². The summed E-state index contributed by atoms with van der Waals surface area (Å²) >= 11 is 0. The lowest BCUT2D eigenvalue weighted by Crippen LogP contribution is -2.37. The number of hydrogen-bond donors (Lipinski definition) is 1. The number of quaternary nitrogens is 1. The molecule has 0 aromatic rings. The predicted octanol–water partition coefficient (Wildman–Crippen LogP) is 15.6. The highest BCUT2D eigenvalue weighted by Gasteiger charge is 2.26. The first-order valence-electron chi connectivity index (χ1n) is 25.8. The number of hydrogen-bond acceptors (Lipinski definition) is 6. The normalized spacial score (nSPS) is 13.5. The number of rotatable bonds is 49. The minimum absolute atomic E-state index is 0.0942. The average Bonchev–Trinajstić information content (AvgIpc) is 3.19. The van der Waals surface area contributed by atoms with E-state index in [1.165, 1.54) is 205 Å². The van der Waals surface area contributed by atoms with E-state index in [1.54, 1.807) is 0 Å². The molecule has 2 unspecified atom stereocenters. The number of phosphoric ester groups is 1. The van der Waals surface area contributed by atoms with Crippen LogP contribution in [-0.4, -0.2) is 75.6 Å². The smallest absolute Gasteiger partial charge is 0.457 e. The molecule has 0 rings (SSSR count). The third-order valence-corrected chi connectivity index (χ3v) is 12.7. The maximum absolute atomic E-state index is 12.7. The Balaban J connectivity index is 4.07. The maximum Gasteiger partial charge on any atom is 0.472 e. The zero-order chi connectivity index (χ0) is 43.4.